The molecule has 2 heterocycles. The molecule has 2 aliphatic heterocycles. The van der Waals surface area contributed by atoms with Gasteiger partial charge >= 0.3 is 0 Å². The van der Waals surface area contributed by atoms with Gasteiger partial charge in [0.05, 0.1) is 12.6 Å². The van der Waals surface area contributed by atoms with Gasteiger partial charge in [-0.1, -0.05) is 42.8 Å². The van der Waals surface area contributed by atoms with Gasteiger partial charge in [-0.15, -0.1) is 0 Å². The number of phenolic OH excluding ortho intramolecular Hbond substituents is 1. The van der Waals surface area contributed by atoms with Gasteiger partial charge in [0, 0.05) is 18.3 Å². The molecular weight excluding hydrogens is 408 g/mol. The van der Waals surface area contributed by atoms with Crippen LogP contribution in [-0.2, 0) is 12.8 Å². The molecule has 0 aliphatic carbocycles. The van der Waals surface area contributed by atoms with Gasteiger partial charge in [-0.2, -0.15) is 0 Å². The number of para-hydroxylation sites is 1. The van der Waals surface area contributed by atoms with Crippen LogP contribution >= 0.6 is 0 Å². The third kappa shape index (κ3) is 5.33. The number of piperidine rings is 1. The number of benzene rings is 3. The van der Waals surface area contributed by atoms with E-state index in [0.717, 1.165) is 44.7 Å². The van der Waals surface area contributed by atoms with Crippen molar-refractivity contribution < 1.29 is 9.84 Å². The highest BCUT2D eigenvalue weighted by Gasteiger charge is 2.28. The Balaban J connectivity index is 1.28. The van der Waals surface area contributed by atoms with Gasteiger partial charge in [0.15, 0.2) is 0 Å². The van der Waals surface area contributed by atoms with Crippen molar-refractivity contribution in [3.63, 3.8) is 0 Å². The lowest BCUT2D eigenvalue weighted by Gasteiger charge is -2.39. The quantitative estimate of drug-likeness (QED) is 0.496. The van der Waals surface area contributed by atoms with E-state index >= 15 is 0 Å². The second-order valence-electron chi connectivity index (χ2n) is 9.31. The molecule has 1 saturated heterocycles. The first-order chi connectivity index (χ1) is 16.3. The molecule has 0 aromatic heterocycles. The lowest BCUT2D eigenvalue weighted by Crippen LogP contribution is -2.36. The van der Waals surface area contributed by atoms with E-state index in [1.54, 1.807) is 0 Å². The number of rotatable bonds is 7. The van der Waals surface area contributed by atoms with E-state index in [1.165, 1.54) is 41.6 Å². The van der Waals surface area contributed by atoms with Crippen molar-refractivity contribution in [1.29, 1.82) is 0 Å². The Bertz CT molecular complexity index is 1030. The Labute approximate surface area is 197 Å². The molecule has 2 unspecified atom stereocenters. The van der Waals surface area contributed by atoms with Gasteiger partial charge in [0.1, 0.15) is 11.5 Å². The second-order valence-corrected chi connectivity index (χ2v) is 9.31. The van der Waals surface area contributed by atoms with Crippen LogP contribution in [0.1, 0.15) is 48.4 Å². The molecule has 3 aromatic rings. The molecule has 1 fully saturated rings. The van der Waals surface area contributed by atoms with Crippen LogP contribution < -0.4 is 15.0 Å². The van der Waals surface area contributed by atoms with E-state index in [-0.39, 0.29) is 6.04 Å². The molecule has 0 saturated carbocycles. The van der Waals surface area contributed by atoms with E-state index < -0.39 is 0 Å². The van der Waals surface area contributed by atoms with Crippen molar-refractivity contribution in [2.75, 3.05) is 24.6 Å². The topological polar surface area (TPSA) is 44.7 Å². The van der Waals surface area contributed by atoms with E-state index in [2.05, 4.69) is 70.9 Å². The van der Waals surface area contributed by atoms with Gasteiger partial charge in [-0.3, -0.25) is 0 Å². The molecule has 0 spiro atoms. The fraction of sp³-hybridized carbons (Fsp3) is 0.379. The summed E-state index contributed by atoms with van der Waals surface area (Å²) in [5.74, 6) is 1.30. The highest BCUT2D eigenvalue weighted by molar-refractivity contribution is 5.53. The van der Waals surface area contributed by atoms with E-state index in [9.17, 15) is 5.11 Å². The first kappa shape index (κ1) is 21.8. The van der Waals surface area contributed by atoms with Crippen molar-refractivity contribution in [2.24, 2.45) is 0 Å². The molecule has 4 nitrogen and oxygen atoms in total. The van der Waals surface area contributed by atoms with Gasteiger partial charge < -0.3 is 20.1 Å². The molecule has 172 valence electrons. The molecule has 4 heteroatoms. The predicted molar refractivity (Wildman–Crippen MR) is 134 cm³/mol. The fourth-order valence-corrected chi connectivity index (χ4v) is 5.28. The van der Waals surface area contributed by atoms with Crippen molar-refractivity contribution in [3.8, 4) is 11.5 Å². The molecular formula is C29H34N2O2. The van der Waals surface area contributed by atoms with Crippen LogP contribution in [0.4, 0.5) is 5.69 Å². The summed E-state index contributed by atoms with van der Waals surface area (Å²) in [5, 5.41) is 13.6. The average molecular weight is 443 g/mol. The van der Waals surface area contributed by atoms with Crippen LogP contribution in [0.5, 0.6) is 11.5 Å². The maximum Gasteiger partial charge on any atom is 0.119 e. The number of nitrogens with zero attached hydrogens (tertiary/aromatic N) is 1. The normalized spacial score (nSPS) is 20.3. The summed E-state index contributed by atoms with van der Waals surface area (Å²) in [7, 11) is 0. The largest absolute Gasteiger partial charge is 0.508 e. The van der Waals surface area contributed by atoms with Gasteiger partial charge in [0.25, 0.3) is 0 Å². The molecule has 0 radical (unpaired) electrons. The molecule has 33 heavy (non-hydrogen) atoms. The maximum atomic E-state index is 10.0. The number of ether oxygens (including phenoxy) is 1. The highest BCUT2D eigenvalue weighted by atomic mass is 16.5. The molecule has 0 bridgehead atoms. The van der Waals surface area contributed by atoms with Crippen LogP contribution in [0.2, 0.25) is 0 Å². The van der Waals surface area contributed by atoms with Crippen molar-refractivity contribution >= 4 is 5.69 Å². The number of anilines is 1. The molecule has 5 rings (SSSR count). The van der Waals surface area contributed by atoms with Gasteiger partial charge in [0.2, 0.25) is 0 Å². The zero-order valence-corrected chi connectivity index (χ0v) is 19.2. The molecule has 0 amide bonds. The Morgan fingerprint density at radius 2 is 1.82 bits per heavy atom. The van der Waals surface area contributed by atoms with Crippen molar-refractivity contribution in [2.45, 2.75) is 50.6 Å². The number of aromatic hydroxyl groups is 1. The average Bonchev–Trinajstić information content (AvgIpc) is 2.86. The third-order valence-corrected chi connectivity index (χ3v) is 7.07. The minimum absolute atomic E-state index is 0.237. The van der Waals surface area contributed by atoms with Crippen molar-refractivity contribution in [3.05, 3.63) is 89.5 Å². The minimum atomic E-state index is 0.237. The van der Waals surface area contributed by atoms with Crippen LogP contribution in [0, 0.1) is 0 Å². The lowest BCUT2D eigenvalue weighted by molar-refractivity contribution is 0.268. The number of hydrogen-bond acceptors (Lipinski definition) is 4. The minimum Gasteiger partial charge on any atom is -0.508 e. The van der Waals surface area contributed by atoms with Crippen LogP contribution in [0.15, 0.2) is 72.8 Å². The second kappa shape index (κ2) is 10.3. The lowest BCUT2D eigenvalue weighted by atomic mass is 9.88. The fourth-order valence-electron chi connectivity index (χ4n) is 5.28. The number of fused-ring (bicyclic) bond motifs is 1. The molecule has 3 aromatic carbocycles. The monoisotopic (exact) mass is 442 g/mol. The zero-order chi connectivity index (χ0) is 22.5. The smallest absolute Gasteiger partial charge is 0.119 e. The van der Waals surface area contributed by atoms with E-state index in [4.69, 9.17) is 4.74 Å². The summed E-state index contributed by atoms with van der Waals surface area (Å²) in [5.41, 5.74) is 5.10. The summed E-state index contributed by atoms with van der Waals surface area (Å²) < 4.78 is 6.04. The van der Waals surface area contributed by atoms with E-state index in [1.807, 2.05) is 12.1 Å². The van der Waals surface area contributed by atoms with Crippen LogP contribution in [0.3, 0.4) is 0 Å². The van der Waals surface area contributed by atoms with Gasteiger partial charge in [-0.25, -0.2) is 0 Å². The standard InChI is InChI=1S/C29H34N2O2/c32-26-11-14-28-23(21-26)15-18-31(25-7-2-1-3-8-25)29(28)20-22-9-12-27(13-10-22)33-19-16-24-6-4-5-17-30-24/h1-3,7-14,21,24,29-30,32H,4-6,15-20H2. The first-order valence-corrected chi connectivity index (χ1v) is 12.3. The Morgan fingerprint density at radius 3 is 2.61 bits per heavy atom. The molecule has 2 N–H and O–H groups in total. The van der Waals surface area contributed by atoms with Gasteiger partial charge in [-0.05, 0) is 91.7 Å². The van der Waals surface area contributed by atoms with Crippen molar-refractivity contribution in [1.82, 2.24) is 5.32 Å². The summed E-state index contributed by atoms with van der Waals surface area (Å²) in [4.78, 5) is 2.50. The summed E-state index contributed by atoms with van der Waals surface area (Å²) in [6.45, 7) is 2.85. The summed E-state index contributed by atoms with van der Waals surface area (Å²) in [6.07, 6.45) is 6.82. The Kier molecular flexibility index (Phi) is 6.82. The SMILES string of the molecule is Oc1ccc2c(c1)CCN(c1ccccc1)C2Cc1ccc(OCCC2CCCCN2)cc1. The maximum absolute atomic E-state index is 10.0. The zero-order valence-electron chi connectivity index (χ0n) is 19.2. The number of nitrogens with one attached hydrogen (secondary N) is 1. The van der Waals surface area contributed by atoms with Crippen LogP contribution in [0.25, 0.3) is 0 Å². The molecule has 2 atom stereocenters. The third-order valence-electron chi connectivity index (χ3n) is 7.07. The first-order valence-electron chi connectivity index (χ1n) is 12.3. The number of phenols is 1. The Morgan fingerprint density at radius 1 is 0.970 bits per heavy atom. The molecule has 2 aliphatic rings. The number of hydrogen-bond donors (Lipinski definition) is 2. The van der Waals surface area contributed by atoms with E-state index in [0.29, 0.717) is 11.8 Å². The predicted octanol–water partition coefficient (Wildman–Crippen LogP) is 5.65. The Hall–Kier alpha value is -2.98. The summed E-state index contributed by atoms with van der Waals surface area (Å²) in [6, 6.07) is 26.0. The highest BCUT2D eigenvalue weighted by Crippen LogP contribution is 2.37. The van der Waals surface area contributed by atoms with Crippen LogP contribution in [-0.4, -0.2) is 30.8 Å². The summed E-state index contributed by atoms with van der Waals surface area (Å²) >= 11 is 0.